The number of amides is 1. The van der Waals surface area contributed by atoms with Gasteiger partial charge in [-0.25, -0.2) is 4.39 Å². The molecule has 0 unspecified atom stereocenters. The van der Waals surface area contributed by atoms with Crippen molar-refractivity contribution in [3.8, 4) is 11.5 Å². The molecule has 0 fully saturated rings. The van der Waals surface area contributed by atoms with Crippen LogP contribution in [0.2, 0.25) is 0 Å². The highest BCUT2D eigenvalue weighted by Gasteiger charge is 2.10. The molecule has 0 saturated heterocycles. The molecule has 0 radical (unpaired) electrons. The molecule has 2 rings (SSSR count). The molecule has 4 nitrogen and oxygen atoms in total. The summed E-state index contributed by atoms with van der Waals surface area (Å²) in [4.78, 5) is 13.3. The van der Waals surface area contributed by atoms with Gasteiger partial charge in [0.05, 0.1) is 5.69 Å². The Morgan fingerprint density at radius 3 is 2.60 bits per heavy atom. The van der Waals surface area contributed by atoms with Gasteiger partial charge in [0.15, 0.2) is 5.75 Å². The molecular weight excluding hydrogens is 259 g/mol. The van der Waals surface area contributed by atoms with E-state index in [0.717, 1.165) is 0 Å². The van der Waals surface area contributed by atoms with E-state index in [1.54, 1.807) is 38.4 Å². The van der Waals surface area contributed by atoms with E-state index in [4.69, 9.17) is 10.5 Å². The van der Waals surface area contributed by atoms with Crippen LogP contribution in [0.4, 0.5) is 10.1 Å². The second-order valence-corrected chi connectivity index (χ2v) is 4.51. The first kappa shape index (κ1) is 13.9. The van der Waals surface area contributed by atoms with Gasteiger partial charge in [-0.15, -0.1) is 0 Å². The second-order valence-electron chi connectivity index (χ2n) is 4.51. The fourth-order valence-electron chi connectivity index (χ4n) is 1.69. The van der Waals surface area contributed by atoms with Crippen molar-refractivity contribution in [1.82, 2.24) is 4.90 Å². The predicted molar refractivity (Wildman–Crippen MR) is 75.3 cm³/mol. The highest BCUT2D eigenvalue weighted by atomic mass is 19.1. The van der Waals surface area contributed by atoms with E-state index in [1.165, 1.54) is 23.1 Å². The standard InChI is InChI=1S/C15H15FN2O2/c1-18(2)15(19)10-4-3-5-12(8-10)20-14-7-6-11(16)9-13(14)17/h3-9H,17H2,1-2H3. The Hall–Kier alpha value is -2.56. The molecule has 2 N–H and O–H groups in total. The molecule has 0 spiro atoms. The molecule has 5 heteroatoms. The van der Waals surface area contributed by atoms with Gasteiger partial charge in [0.2, 0.25) is 0 Å². The molecule has 2 aromatic rings. The summed E-state index contributed by atoms with van der Waals surface area (Å²) in [6, 6.07) is 10.6. The Morgan fingerprint density at radius 2 is 1.95 bits per heavy atom. The third-order valence-corrected chi connectivity index (χ3v) is 2.69. The van der Waals surface area contributed by atoms with Crippen LogP contribution in [-0.2, 0) is 0 Å². The number of nitrogen functional groups attached to an aromatic ring is 1. The van der Waals surface area contributed by atoms with E-state index in [2.05, 4.69) is 0 Å². The van der Waals surface area contributed by atoms with Gasteiger partial charge in [0.25, 0.3) is 5.91 Å². The average molecular weight is 274 g/mol. The average Bonchev–Trinajstić information content (AvgIpc) is 2.41. The summed E-state index contributed by atoms with van der Waals surface area (Å²) >= 11 is 0. The van der Waals surface area contributed by atoms with Crippen LogP contribution in [0.3, 0.4) is 0 Å². The van der Waals surface area contributed by atoms with Crippen LogP contribution >= 0.6 is 0 Å². The van der Waals surface area contributed by atoms with Crippen LogP contribution in [-0.4, -0.2) is 24.9 Å². The van der Waals surface area contributed by atoms with Gasteiger partial charge in [-0.3, -0.25) is 4.79 Å². The summed E-state index contributed by atoms with van der Waals surface area (Å²) in [6.45, 7) is 0. The maximum Gasteiger partial charge on any atom is 0.253 e. The van der Waals surface area contributed by atoms with Crippen molar-refractivity contribution in [2.75, 3.05) is 19.8 Å². The van der Waals surface area contributed by atoms with Gasteiger partial charge in [0, 0.05) is 25.7 Å². The van der Waals surface area contributed by atoms with Gasteiger partial charge in [-0.2, -0.15) is 0 Å². The first-order valence-corrected chi connectivity index (χ1v) is 6.02. The zero-order valence-electron chi connectivity index (χ0n) is 11.3. The van der Waals surface area contributed by atoms with Crippen molar-refractivity contribution < 1.29 is 13.9 Å². The summed E-state index contributed by atoms with van der Waals surface area (Å²) in [7, 11) is 3.35. The minimum absolute atomic E-state index is 0.123. The highest BCUT2D eigenvalue weighted by molar-refractivity contribution is 5.94. The number of carbonyl (C=O) groups excluding carboxylic acids is 1. The summed E-state index contributed by atoms with van der Waals surface area (Å²) in [6.07, 6.45) is 0. The lowest BCUT2D eigenvalue weighted by atomic mass is 10.2. The zero-order chi connectivity index (χ0) is 14.7. The zero-order valence-corrected chi connectivity index (χ0v) is 11.3. The second kappa shape index (κ2) is 5.61. The Kier molecular flexibility index (Phi) is 3.89. The minimum Gasteiger partial charge on any atom is -0.455 e. The fourth-order valence-corrected chi connectivity index (χ4v) is 1.69. The van der Waals surface area contributed by atoms with Crippen LogP contribution in [0.1, 0.15) is 10.4 Å². The van der Waals surface area contributed by atoms with Crippen molar-refractivity contribution in [3.63, 3.8) is 0 Å². The van der Waals surface area contributed by atoms with E-state index in [-0.39, 0.29) is 11.6 Å². The van der Waals surface area contributed by atoms with Crippen LogP contribution in [0.25, 0.3) is 0 Å². The number of benzene rings is 2. The van der Waals surface area contributed by atoms with Crippen molar-refractivity contribution >= 4 is 11.6 Å². The van der Waals surface area contributed by atoms with Crippen LogP contribution in [0.5, 0.6) is 11.5 Å². The number of hydrogen-bond acceptors (Lipinski definition) is 3. The molecule has 0 heterocycles. The molecule has 1 amide bonds. The number of halogens is 1. The number of nitrogens with zero attached hydrogens (tertiary/aromatic N) is 1. The lowest BCUT2D eigenvalue weighted by Crippen LogP contribution is -2.21. The number of anilines is 1. The molecule has 20 heavy (non-hydrogen) atoms. The van der Waals surface area contributed by atoms with E-state index >= 15 is 0 Å². The Balaban J connectivity index is 2.26. The van der Waals surface area contributed by atoms with E-state index < -0.39 is 5.82 Å². The summed E-state index contributed by atoms with van der Waals surface area (Å²) in [5.41, 5.74) is 6.39. The van der Waals surface area contributed by atoms with Crippen LogP contribution in [0.15, 0.2) is 42.5 Å². The molecule has 0 aromatic heterocycles. The largest absolute Gasteiger partial charge is 0.455 e. The van der Waals surface area contributed by atoms with Gasteiger partial charge in [-0.05, 0) is 30.3 Å². The van der Waals surface area contributed by atoms with Crippen molar-refractivity contribution in [3.05, 3.63) is 53.8 Å². The smallest absolute Gasteiger partial charge is 0.253 e. The lowest BCUT2D eigenvalue weighted by molar-refractivity contribution is 0.0827. The van der Waals surface area contributed by atoms with Crippen molar-refractivity contribution in [2.45, 2.75) is 0 Å². The first-order valence-electron chi connectivity index (χ1n) is 6.02. The molecule has 2 aromatic carbocycles. The van der Waals surface area contributed by atoms with Crippen molar-refractivity contribution in [2.24, 2.45) is 0 Å². The summed E-state index contributed by atoms with van der Waals surface area (Å²) in [5.74, 6) is 0.269. The van der Waals surface area contributed by atoms with E-state index in [9.17, 15) is 9.18 Å². The molecule has 104 valence electrons. The van der Waals surface area contributed by atoms with Crippen molar-refractivity contribution in [1.29, 1.82) is 0 Å². The topological polar surface area (TPSA) is 55.6 Å². The molecule has 0 bridgehead atoms. The monoisotopic (exact) mass is 274 g/mol. The van der Waals surface area contributed by atoms with Crippen LogP contribution in [0, 0.1) is 5.82 Å². The molecule has 0 aliphatic heterocycles. The normalized spacial score (nSPS) is 10.2. The third-order valence-electron chi connectivity index (χ3n) is 2.69. The number of nitrogens with two attached hydrogens (primary N) is 1. The lowest BCUT2D eigenvalue weighted by Gasteiger charge is -2.12. The maximum absolute atomic E-state index is 13.0. The SMILES string of the molecule is CN(C)C(=O)c1cccc(Oc2ccc(F)cc2N)c1. The Labute approximate surface area is 116 Å². The predicted octanol–water partition coefficient (Wildman–Crippen LogP) is 2.90. The molecular formula is C15H15FN2O2. The van der Waals surface area contributed by atoms with Gasteiger partial charge < -0.3 is 15.4 Å². The fraction of sp³-hybridized carbons (Fsp3) is 0.133. The van der Waals surface area contributed by atoms with Gasteiger partial charge in [-0.1, -0.05) is 6.07 Å². The number of hydrogen-bond donors (Lipinski definition) is 1. The Bertz CT molecular complexity index is 642. The number of rotatable bonds is 3. The number of carbonyl (C=O) groups is 1. The van der Waals surface area contributed by atoms with E-state index in [0.29, 0.717) is 17.1 Å². The van der Waals surface area contributed by atoms with E-state index in [1.807, 2.05) is 0 Å². The molecule has 0 aliphatic rings. The van der Waals surface area contributed by atoms with Crippen LogP contribution < -0.4 is 10.5 Å². The Morgan fingerprint density at radius 1 is 1.20 bits per heavy atom. The van der Waals surface area contributed by atoms with Gasteiger partial charge in [0.1, 0.15) is 11.6 Å². The molecule has 0 saturated carbocycles. The summed E-state index contributed by atoms with van der Waals surface area (Å²) < 4.78 is 18.5. The minimum atomic E-state index is -0.425. The van der Waals surface area contributed by atoms with Gasteiger partial charge >= 0.3 is 0 Å². The summed E-state index contributed by atoms with van der Waals surface area (Å²) in [5, 5.41) is 0. The first-order chi connectivity index (χ1) is 9.47. The molecule has 0 atom stereocenters. The highest BCUT2D eigenvalue weighted by Crippen LogP contribution is 2.28. The third kappa shape index (κ3) is 3.06. The quantitative estimate of drug-likeness (QED) is 0.875. The molecule has 0 aliphatic carbocycles. The number of ether oxygens (including phenoxy) is 1. The maximum atomic E-state index is 13.0.